The number of nitrogens with zero attached hydrogens (tertiary/aromatic N) is 2. The van der Waals surface area contributed by atoms with Crippen molar-refractivity contribution in [2.45, 2.75) is 19.5 Å². The van der Waals surface area contributed by atoms with Crippen molar-refractivity contribution >= 4 is 11.7 Å². The van der Waals surface area contributed by atoms with Crippen LogP contribution in [-0.2, 0) is 11.3 Å². The van der Waals surface area contributed by atoms with E-state index in [9.17, 15) is 13.6 Å². The first-order valence-corrected chi connectivity index (χ1v) is 7.95. The van der Waals surface area contributed by atoms with Crippen molar-refractivity contribution in [1.82, 2.24) is 9.88 Å². The highest BCUT2D eigenvalue weighted by atomic mass is 19.1. The number of benzene rings is 1. The average Bonchev–Trinajstić information content (AvgIpc) is 2.63. The molecule has 0 aliphatic rings. The molecule has 0 fully saturated rings. The first-order valence-electron chi connectivity index (χ1n) is 7.95. The highest BCUT2D eigenvalue weighted by Gasteiger charge is 2.22. The molecule has 2 aromatic rings. The average molecular weight is 365 g/mol. The summed E-state index contributed by atoms with van der Waals surface area (Å²) in [5, 5.41) is 2.68. The van der Waals surface area contributed by atoms with Crippen LogP contribution in [0.15, 0.2) is 36.5 Å². The minimum atomic E-state index is -0.583. The van der Waals surface area contributed by atoms with E-state index in [1.54, 1.807) is 19.1 Å². The van der Waals surface area contributed by atoms with E-state index in [4.69, 9.17) is 9.47 Å². The van der Waals surface area contributed by atoms with E-state index in [0.29, 0.717) is 11.6 Å². The third-order valence-electron chi connectivity index (χ3n) is 3.75. The molecule has 140 valence electrons. The van der Waals surface area contributed by atoms with Gasteiger partial charge >= 0.3 is 6.03 Å². The molecule has 1 aromatic carbocycles. The maximum atomic E-state index is 14.0. The zero-order chi connectivity index (χ0) is 19.1. The molecule has 0 aliphatic heterocycles. The lowest BCUT2D eigenvalue weighted by Gasteiger charge is -2.29. The molecule has 0 unspecified atom stereocenters. The quantitative estimate of drug-likeness (QED) is 0.816. The third-order valence-corrected chi connectivity index (χ3v) is 3.75. The summed E-state index contributed by atoms with van der Waals surface area (Å²) >= 11 is 0. The number of pyridine rings is 1. The van der Waals surface area contributed by atoms with Crippen LogP contribution >= 0.6 is 0 Å². The summed E-state index contributed by atoms with van der Waals surface area (Å²) in [6, 6.07) is 5.53. The summed E-state index contributed by atoms with van der Waals surface area (Å²) < 4.78 is 37.5. The van der Waals surface area contributed by atoms with Crippen LogP contribution in [0.2, 0.25) is 0 Å². The number of urea groups is 1. The Balaban J connectivity index is 2.19. The largest absolute Gasteiger partial charge is 0.481 e. The maximum absolute atomic E-state index is 14.0. The monoisotopic (exact) mass is 365 g/mol. The van der Waals surface area contributed by atoms with Gasteiger partial charge in [-0.1, -0.05) is 0 Å². The number of halogens is 2. The number of carbonyl (C=O) groups is 1. The van der Waals surface area contributed by atoms with Crippen LogP contribution in [0.3, 0.4) is 0 Å². The third kappa shape index (κ3) is 5.13. The van der Waals surface area contributed by atoms with E-state index in [-0.39, 0.29) is 24.8 Å². The van der Waals surface area contributed by atoms with Gasteiger partial charge in [-0.25, -0.2) is 18.6 Å². The second-order valence-corrected chi connectivity index (χ2v) is 5.69. The molecule has 0 aliphatic carbocycles. The number of rotatable bonds is 7. The Bertz CT molecular complexity index is 741. The fourth-order valence-corrected chi connectivity index (χ4v) is 2.38. The molecule has 2 amide bonds. The molecule has 1 aromatic heterocycles. The predicted octanol–water partition coefficient (Wildman–Crippen LogP) is 3.44. The summed E-state index contributed by atoms with van der Waals surface area (Å²) in [6.07, 6.45) is 1.44. The van der Waals surface area contributed by atoms with Gasteiger partial charge in [0.05, 0.1) is 38.2 Å². The van der Waals surface area contributed by atoms with Gasteiger partial charge in [0.2, 0.25) is 5.88 Å². The molecule has 8 heteroatoms. The van der Waals surface area contributed by atoms with Crippen LogP contribution in [0.4, 0.5) is 19.3 Å². The molecule has 0 bridgehead atoms. The van der Waals surface area contributed by atoms with Crippen molar-refractivity contribution < 1.29 is 23.0 Å². The molecule has 1 atom stereocenters. The standard InChI is InChI=1S/C18H21F2N3O3/c1-12(11-25-2)23(10-13-8-14(19)4-6-16(13)20)18(24)22-15-5-7-17(26-3)21-9-15/h4-9,12H,10-11H2,1-3H3,(H,22,24)/t12-/m1/s1. The number of ether oxygens (including phenoxy) is 2. The van der Waals surface area contributed by atoms with Crippen LogP contribution < -0.4 is 10.1 Å². The fraction of sp³-hybridized carbons (Fsp3) is 0.333. The van der Waals surface area contributed by atoms with Gasteiger partial charge in [0.25, 0.3) is 0 Å². The van der Waals surface area contributed by atoms with Gasteiger partial charge < -0.3 is 19.7 Å². The second-order valence-electron chi connectivity index (χ2n) is 5.69. The Morgan fingerprint density at radius 3 is 2.65 bits per heavy atom. The number of hydrogen-bond acceptors (Lipinski definition) is 4. The van der Waals surface area contributed by atoms with E-state index >= 15 is 0 Å². The fourth-order valence-electron chi connectivity index (χ4n) is 2.38. The molecular formula is C18H21F2N3O3. The van der Waals surface area contributed by atoms with Gasteiger partial charge in [-0.2, -0.15) is 0 Å². The molecule has 26 heavy (non-hydrogen) atoms. The Kier molecular flexibility index (Phi) is 6.85. The van der Waals surface area contributed by atoms with Crippen molar-refractivity contribution in [3.05, 3.63) is 53.7 Å². The lowest BCUT2D eigenvalue weighted by atomic mass is 10.1. The van der Waals surface area contributed by atoms with Crippen molar-refractivity contribution in [1.29, 1.82) is 0 Å². The Labute approximate surface area is 150 Å². The summed E-state index contributed by atoms with van der Waals surface area (Å²) in [6.45, 7) is 1.89. The first kappa shape index (κ1) is 19.6. The summed E-state index contributed by atoms with van der Waals surface area (Å²) in [4.78, 5) is 18.0. The van der Waals surface area contributed by atoms with Gasteiger partial charge in [0, 0.05) is 18.7 Å². The molecular weight excluding hydrogens is 344 g/mol. The predicted molar refractivity (Wildman–Crippen MR) is 93.0 cm³/mol. The summed E-state index contributed by atoms with van der Waals surface area (Å²) in [5.41, 5.74) is 0.529. The van der Waals surface area contributed by atoms with Crippen molar-refractivity contribution in [2.24, 2.45) is 0 Å². The zero-order valence-corrected chi connectivity index (χ0v) is 14.8. The molecule has 0 spiro atoms. The van der Waals surface area contributed by atoms with Crippen LogP contribution in [-0.4, -0.2) is 42.8 Å². The number of methoxy groups -OCH3 is 2. The number of carbonyl (C=O) groups excluding carboxylic acids is 1. The molecule has 0 saturated heterocycles. The van der Waals surface area contributed by atoms with Crippen LogP contribution in [0.5, 0.6) is 5.88 Å². The van der Waals surface area contributed by atoms with Crippen molar-refractivity contribution in [3.63, 3.8) is 0 Å². The van der Waals surface area contributed by atoms with E-state index < -0.39 is 17.7 Å². The van der Waals surface area contributed by atoms with E-state index in [2.05, 4.69) is 10.3 Å². The molecule has 6 nitrogen and oxygen atoms in total. The number of amides is 2. The van der Waals surface area contributed by atoms with Gasteiger partial charge in [-0.15, -0.1) is 0 Å². The van der Waals surface area contributed by atoms with Crippen LogP contribution in [0.25, 0.3) is 0 Å². The summed E-state index contributed by atoms with van der Waals surface area (Å²) in [7, 11) is 2.99. The molecule has 2 rings (SSSR count). The van der Waals surface area contributed by atoms with Gasteiger partial charge in [0.1, 0.15) is 11.6 Å². The van der Waals surface area contributed by atoms with Gasteiger partial charge in [-0.3, -0.25) is 0 Å². The number of anilines is 1. The van der Waals surface area contributed by atoms with E-state index in [1.165, 1.54) is 25.3 Å². The van der Waals surface area contributed by atoms with Crippen LogP contribution in [0, 0.1) is 11.6 Å². The van der Waals surface area contributed by atoms with Gasteiger partial charge in [0.15, 0.2) is 0 Å². The first-order chi connectivity index (χ1) is 12.4. The summed E-state index contributed by atoms with van der Waals surface area (Å²) in [5.74, 6) is -0.741. The highest BCUT2D eigenvalue weighted by molar-refractivity contribution is 5.89. The van der Waals surface area contributed by atoms with Crippen molar-refractivity contribution in [2.75, 3.05) is 26.1 Å². The second kappa shape index (κ2) is 9.10. The minimum Gasteiger partial charge on any atom is -0.481 e. The van der Waals surface area contributed by atoms with Crippen LogP contribution in [0.1, 0.15) is 12.5 Å². The Hall–Kier alpha value is -2.74. The molecule has 1 heterocycles. The van der Waals surface area contributed by atoms with Crippen molar-refractivity contribution in [3.8, 4) is 5.88 Å². The van der Waals surface area contributed by atoms with E-state index in [1.807, 2.05) is 0 Å². The topological polar surface area (TPSA) is 63.7 Å². The molecule has 1 N–H and O–H groups in total. The Morgan fingerprint density at radius 1 is 1.27 bits per heavy atom. The highest BCUT2D eigenvalue weighted by Crippen LogP contribution is 2.17. The Morgan fingerprint density at radius 2 is 2.04 bits per heavy atom. The number of nitrogens with one attached hydrogen (secondary N) is 1. The normalized spacial score (nSPS) is 11.7. The minimum absolute atomic E-state index is 0.0796. The van der Waals surface area contributed by atoms with E-state index in [0.717, 1.165) is 18.2 Å². The zero-order valence-electron chi connectivity index (χ0n) is 14.8. The number of aromatic nitrogens is 1. The SMILES string of the molecule is COC[C@@H](C)N(Cc1cc(F)ccc1F)C(=O)Nc1ccc(OC)nc1. The number of hydrogen-bond donors (Lipinski definition) is 1. The lowest BCUT2D eigenvalue weighted by molar-refractivity contribution is 0.113. The van der Waals surface area contributed by atoms with Gasteiger partial charge in [-0.05, 0) is 31.2 Å². The molecule has 0 radical (unpaired) electrons. The smallest absolute Gasteiger partial charge is 0.322 e. The molecule has 0 saturated carbocycles. The maximum Gasteiger partial charge on any atom is 0.322 e. The lowest BCUT2D eigenvalue weighted by Crippen LogP contribution is -2.43.